The first-order valence-corrected chi connectivity index (χ1v) is 4.05. The van der Waals surface area contributed by atoms with Crippen molar-refractivity contribution in [3.8, 4) is 0 Å². The Hall–Kier alpha value is -0.730. The van der Waals surface area contributed by atoms with Gasteiger partial charge in [0.15, 0.2) is 0 Å². The van der Waals surface area contributed by atoms with Gasteiger partial charge in [-0.25, -0.2) is 4.79 Å². The molecule has 0 radical (unpaired) electrons. The van der Waals surface area contributed by atoms with Crippen molar-refractivity contribution in [3.05, 3.63) is 0 Å². The zero-order valence-corrected chi connectivity index (χ0v) is 6.96. The van der Waals surface area contributed by atoms with E-state index in [0.29, 0.717) is 0 Å². The molecule has 1 amide bonds. The monoisotopic (exact) mass is 155 g/mol. The minimum Gasteiger partial charge on any atom is -0.441 e. The van der Waals surface area contributed by atoms with Gasteiger partial charge in [0.2, 0.25) is 0 Å². The van der Waals surface area contributed by atoms with Crippen LogP contribution >= 0.6 is 0 Å². The van der Waals surface area contributed by atoms with E-state index in [4.69, 9.17) is 4.74 Å². The largest absolute Gasteiger partial charge is 0.441 e. The summed E-state index contributed by atoms with van der Waals surface area (Å²) in [6, 6.07) is 0. The highest BCUT2D eigenvalue weighted by atomic mass is 16.6. The van der Waals surface area contributed by atoms with Crippen LogP contribution < -0.4 is 0 Å². The van der Waals surface area contributed by atoms with Crippen LogP contribution in [0.5, 0.6) is 0 Å². The second-order valence-electron chi connectivity index (χ2n) is 3.92. The van der Waals surface area contributed by atoms with Crippen LogP contribution in [0.2, 0.25) is 0 Å². The number of likely N-dealkylation sites (N-methyl/N-ethyl adjacent to an activating group) is 1. The Morgan fingerprint density at radius 3 is 2.64 bits per heavy atom. The lowest BCUT2D eigenvalue weighted by atomic mass is 9.72. The quantitative estimate of drug-likeness (QED) is 0.526. The molecule has 1 heterocycles. The molecule has 0 aromatic heterocycles. The zero-order chi connectivity index (χ0) is 8.06. The van der Waals surface area contributed by atoms with Crippen LogP contribution in [0.25, 0.3) is 0 Å². The fourth-order valence-electron chi connectivity index (χ4n) is 2.21. The molecule has 2 aliphatic rings. The van der Waals surface area contributed by atoms with Crippen LogP contribution in [0.3, 0.4) is 0 Å². The maximum atomic E-state index is 11.0. The molecule has 0 unspecified atom stereocenters. The second kappa shape index (κ2) is 1.90. The lowest BCUT2D eigenvalue weighted by molar-refractivity contribution is -0.0406. The summed E-state index contributed by atoms with van der Waals surface area (Å²) in [7, 11) is 1.79. The minimum absolute atomic E-state index is 0.0920. The van der Waals surface area contributed by atoms with Crippen molar-refractivity contribution in [1.82, 2.24) is 4.90 Å². The average Bonchev–Trinajstić information content (AvgIpc) is 2.07. The fraction of sp³-hybridized carbons (Fsp3) is 0.875. The van der Waals surface area contributed by atoms with E-state index < -0.39 is 0 Å². The third-order valence-corrected chi connectivity index (χ3v) is 2.58. The lowest BCUT2D eigenvalue weighted by Gasteiger charge is -2.40. The third kappa shape index (κ3) is 0.905. The van der Waals surface area contributed by atoms with Crippen molar-refractivity contribution in [2.75, 3.05) is 13.6 Å². The number of ether oxygens (including phenoxy) is 1. The molecule has 1 saturated carbocycles. The highest BCUT2D eigenvalue weighted by molar-refractivity contribution is 5.70. The number of nitrogens with zero attached hydrogens (tertiary/aromatic N) is 1. The molecule has 0 bridgehead atoms. The molecule has 0 aromatic carbocycles. The Morgan fingerprint density at radius 2 is 2.27 bits per heavy atom. The van der Waals surface area contributed by atoms with E-state index in [0.717, 1.165) is 25.3 Å². The molecule has 3 heteroatoms. The van der Waals surface area contributed by atoms with E-state index in [-0.39, 0.29) is 11.7 Å². The molecule has 3 nitrogen and oxygen atoms in total. The summed E-state index contributed by atoms with van der Waals surface area (Å²) in [4.78, 5) is 12.7. The predicted octanol–water partition coefficient (Wildman–Crippen LogP) is 1.24. The Labute approximate surface area is 66.3 Å². The number of carbonyl (C=O) groups is 1. The molecule has 1 aliphatic carbocycles. The Kier molecular flexibility index (Phi) is 1.20. The second-order valence-corrected chi connectivity index (χ2v) is 3.92. The summed E-state index contributed by atoms with van der Waals surface area (Å²) in [5.74, 6) is 0.731. The number of hydrogen-bond acceptors (Lipinski definition) is 2. The minimum atomic E-state index is -0.156. The molecule has 11 heavy (non-hydrogen) atoms. The summed E-state index contributed by atoms with van der Waals surface area (Å²) in [5, 5.41) is 0. The summed E-state index contributed by atoms with van der Waals surface area (Å²) < 4.78 is 5.25. The molecule has 0 atom stereocenters. The molecule has 62 valence electrons. The molecule has 1 aliphatic heterocycles. The number of hydrogen-bond donors (Lipinski definition) is 0. The van der Waals surface area contributed by atoms with E-state index in [9.17, 15) is 4.79 Å². The van der Waals surface area contributed by atoms with Gasteiger partial charge < -0.3 is 9.64 Å². The molecule has 0 N–H and O–H groups in total. The van der Waals surface area contributed by atoms with Crippen LogP contribution in [-0.4, -0.2) is 30.2 Å². The molecule has 1 saturated heterocycles. The smallest absolute Gasteiger partial charge is 0.410 e. The van der Waals surface area contributed by atoms with Gasteiger partial charge in [0.1, 0.15) is 5.60 Å². The van der Waals surface area contributed by atoms with E-state index in [1.54, 1.807) is 11.9 Å². The molecule has 2 fully saturated rings. The van der Waals surface area contributed by atoms with Crippen LogP contribution in [0.15, 0.2) is 0 Å². The highest BCUT2D eigenvalue weighted by Crippen LogP contribution is 2.44. The Bertz CT molecular complexity index is 196. The van der Waals surface area contributed by atoms with Gasteiger partial charge in [0, 0.05) is 7.05 Å². The number of carbonyl (C=O) groups excluding carboxylic acids is 1. The molecule has 0 aromatic rings. The number of rotatable bonds is 0. The first-order chi connectivity index (χ1) is 5.11. The first kappa shape index (κ1) is 6.95. The van der Waals surface area contributed by atoms with Gasteiger partial charge in [-0.15, -0.1) is 0 Å². The van der Waals surface area contributed by atoms with Gasteiger partial charge in [-0.2, -0.15) is 0 Å². The maximum absolute atomic E-state index is 11.0. The average molecular weight is 155 g/mol. The van der Waals surface area contributed by atoms with Crippen LogP contribution in [0, 0.1) is 5.92 Å². The Balaban J connectivity index is 2.04. The lowest BCUT2D eigenvalue weighted by Crippen LogP contribution is -2.45. The van der Waals surface area contributed by atoms with Crippen molar-refractivity contribution in [3.63, 3.8) is 0 Å². The molecule has 2 rings (SSSR count). The molecular weight excluding hydrogens is 142 g/mol. The van der Waals surface area contributed by atoms with Crippen LogP contribution in [-0.2, 0) is 4.74 Å². The van der Waals surface area contributed by atoms with Gasteiger partial charge >= 0.3 is 6.09 Å². The van der Waals surface area contributed by atoms with Gasteiger partial charge in [-0.05, 0) is 18.8 Å². The van der Waals surface area contributed by atoms with Gasteiger partial charge in [0.05, 0.1) is 6.54 Å². The summed E-state index contributed by atoms with van der Waals surface area (Å²) >= 11 is 0. The molecule has 1 spiro atoms. The maximum Gasteiger partial charge on any atom is 0.410 e. The van der Waals surface area contributed by atoms with Crippen molar-refractivity contribution in [2.24, 2.45) is 5.92 Å². The van der Waals surface area contributed by atoms with Crippen molar-refractivity contribution < 1.29 is 9.53 Å². The SMILES string of the molecule is CC1CC2(C1)CN(C)C(=O)O2. The van der Waals surface area contributed by atoms with Crippen molar-refractivity contribution >= 4 is 6.09 Å². The van der Waals surface area contributed by atoms with E-state index in [1.807, 2.05) is 0 Å². The predicted molar refractivity (Wildman–Crippen MR) is 40.2 cm³/mol. The summed E-state index contributed by atoms with van der Waals surface area (Å²) in [6.07, 6.45) is 1.93. The van der Waals surface area contributed by atoms with Crippen LogP contribution in [0.4, 0.5) is 4.79 Å². The molecular formula is C8H13NO2. The van der Waals surface area contributed by atoms with Crippen molar-refractivity contribution in [2.45, 2.75) is 25.4 Å². The third-order valence-electron chi connectivity index (χ3n) is 2.58. The Morgan fingerprint density at radius 1 is 1.64 bits per heavy atom. The topological polar surface area (TPSA) is 29.5 Å². The highest BCUT2D eigenvalue weighted by Gasteiger charge is 2.51. The summed E-state index contributed by atoms with van der Waals surface area (Å²) in [6.45, 7) is 2.98. The van der Waals surface area contributed by atoms with Crippen molar-refractivity contribution in [1.29, 1.82) is 0 Å². The van der Waals surface area contributed by atoms with E-state index in [2.05, 4.69) is 6.92 Å². The van der Waals surface area contributed by atoms with E-state index >= 15 is 0 Å². The standard InChI is InChI=1S/C8H13NO2/c1-6-3-8(4-6)5-9(2)7(10)11-8/h6H,3-5H2,1-2H3. The van der Waals surface area contributed by atoms with Crippen LogP contribution in [0.1, 0.15) is 19.8 Å². The van der Waals surface area contributed by atoms with Gasteiger partial charge in [-0.1, -0.05) is 6.92 Å². The first-order valence-electron chi connectivity index (χ1n) is 4.05. The van der Waals surface area contributed by atoms with Gasteiger partial charge in [-0.3, -0.25) is 0 Å². The normalized spacial score (nSPS) is 42.5. The summed E-state index contributed by atoms with van der Waals surface area (Å²) in [5.41, 5.74) is -0.0920. The fourth-order valence-corrected chi connectivity index (χ4v) is 2.21. The van der Waals surface area contributed by atoms with E-state index in [1.165, 1.54) is 0 Å². The number of amides is 1. The van der Waals surface area contributed by atoms with Gasteiger partial charge in [0.25, 0.3) is 0 Å². The zero-order valence-electron chi connectivity index (χ0n) is 6.96.